The van der Waals surface area contributed by atoms with Gasteiger partial charge in [0.2, 0.25) is 0 Å². The van der Waals surface area contributed by atoms with E-state index in [0.29, 0.717) is 6.42 Å². The number of pyridine rings is 1. The number of aromatic carboxylic acids is 1. The third kappa shape index (κ3) is 2.11. The van der Waals surface area contributed by atoms with Gasteiger partial charge >= 0.3 is 5.97 Å². The molecule has 0 atom stereocenters. The Kier molecular flexibility index (Phi) is 2.74. The van der Waals surface area contributed by atoms with Crippen LogP contribution in [0.4, 0.5) is 0 Å². The normalized spacial score (nSPS) is 9.62. The minimum Gasteiger partial charge on any atom is -0.478 e. The van der Waals surface area contributed by atoms with Crippen molar-refractivity contribution in [1.82, 2.24) is 4.98 Å². The van der Waals surface area contributed by atoms with Gasteiger partial charge in [0.15, 0.2) is 5.78 Å². The average molecular weight is 179 g/mol. The van der Waals surface area contributed by atoms with Crippen molar-refractivity contribution in [3.8, 4) is 0 Å². The number of hydrogen-bond acceptors (Lipinski definition) is 3. The molecule has 1 aromatic rings. The predicted molar refractivity (Wildman–Crippen MR) is 45.8 cm³/mol. The summed E-state index contributed by atoms with van der Waals surface area (Å²) in [4.78, 5) is 25.4. The van der Waals surface area contributed by atoms with Gasteiger partial charge in [0.05, 0.1) is 5.56 Å². The Morgan fingerprint density at radius 2 is 2.23 bits per heavy atom. The van der Waals surface area contributed by atoms with E-state index in [-0.39, 0.29) is 17.0 Å². The highest BCUT2D eigenvalue weighted by molar-refractivity contribution is 5.96. The van der Waals surface area contributed by atoms with Crippen molar-refractivity contribution in [2.75, 3.05) is 0 Å². The minimum absolute atomic E-state index is 0.0896. The molecule has 0 spiro atoms. The largest absolute Gasteiger partial charge is 0.478 e. The summed E-state index contributed by atoms with van der Waals surface area (Å²) in [6.45, 7) is 1.71. The van der Waals surface area contributed by atoms with Crippen LogP contribution in [0.25, 0.3) is 0 Å². The number of carbonyl (C=O) groups excluding carboxylic acids is 1. The summed E-state index contributed by atoms with van der Waals surface area (Å²) in [6.07, 6.45) is 1.66. The second-order valence-electron chi connectivity index (χ2n) is 2.51. The van der Waals surface area contributed by atoms with E-state index in [9.17, 15) is 9.59 Å². The number of rotatable bonds is 3. The lowest BCUT2D eigenvalue weighted by Crippen LogP contribution is -2.04. The fraction of sp³-hybridized carbons (Fsp3) is 0.222. The zero-order valence-corrected chi connectivity index (χ0v) is 7.15. The zero-order valence-electron chi connectivity index (χ0n) is 7.15. The average Bonchev–Trinajstić information content (AvgIpc) is 2.17. The number of hydrogen-bond donors (Lipinski definition) is 1. The second-order valence-corrected chi connectivity index (χ2v) is 2.51. The number of carbonyl (C=O) groups is 2. The Morgan fingerprint density at radius 1 is 1.54 bits per heavy atom. The van der Waals surface area contributed by atoms with Gasteiger partial charge in [0.25, 0.3) is 0 Å². The van der Waals surface area contributed by atoms with E-state index >= 15 is 0 Å². The highest BCUT2D eigenvalue weighted by atomic mass is 16.4. The van der Waals surface area contributed by atoms with Crippen LogP contribution in [0.2, 0.25) is 0 Å². The molecule has 1 heterocycles. The maximum atomic E-state index is 11.1. The lowest BCUT2D eigenvalue weighted by atomic mass is 10.1. The number of Topliss-reactive ketones (excluding diaryl/α,β-unsaturated/α-hetero) is 1. The third-order valence-corrected chi connectivity index (χ3v) is 1.61. The number of carboxylic acids is 1. The van der Waals surface area contributed by atoms with Gasteiger partial charge in [-0.15, -0.1) is 0 Å². The number of ketones is 1. The number of nitrogens with zero attached hydrogens (tertiary/aromatic N) is 1. The predicted octanol–water partition coefficient (Wildman–Crippen LogP) is 1.37. The smallest absolute Gasteiger partial charge is 0.335 e. The van der Waals surface area contributed by atoms with E-state index < -0.39 is 5.97 Å². The van der Waals surface area contributed by atoms with Crippen molar-refractivity contribution >= 4 is 11.8 Å². The third-order valence-electron chi connectivity index (χ3n) is 1.61. The molecule has 1 rings (SSSR count). The lowest BCUT2D eigenvalue weighted by molar-refractivity contribution is 0.0696. The van der Waals surface area contributed by atoms with Gasteiger partial charge in [0, 0.05) is 12.6 Å². The van der Waals surface area contributed by atoms with Gasteiger partial charge < -0.3 is 5.11 Å². The Labute approximate surface area is 75.2 Å². The molecule has 0 bridgehead atoms. The molecule has 1 aromatic heterocycles. The Bertz CT molecular complexity index is 346. The maximum absolute atomic E-state index is 11.1. The summed E-state index contributed by atoms with van der Waals surface area (Å²) < 4.78 is 0. The van der Waals surface area contributed by atoms with E-state index in [4.69, 9.17) is 5.11 Å². The first-order valence-corrected chi connectivity index (χ1v) is 3.87. The summed E-state index contributed by atoms with van der Waals surface area (Å²) in [5, 5.41) is 8.62. The molecule has 4 nitrogen and oxygen atoms in total. The van der Waals surface area contributed by atoms with Crippen LogP contribution in [-0.2, 0) is 0 Å². The van der Waals surface area contributed by atoms with Crippen molar-refractivity contribution in [1.29, 1.82) is 0 Å². The first-order valence-electron chi connectivity index (χ1n) is 3.87. The van der Waals surface area contributed by atoms with E-state index in [1.54, 1.807) is 6.92 Å². The summed E-state index contributed by atoms with van der Waals surface area (Å²) >= 11 is 0. The molecule has 0 saturated carbocycles. The molecule has 0 aromatic carbocycles. The molecule has 4 heteroatoms. The van der Waals surface area contributed by atoms with E-state index in [0.717, 1.165) is 0 Å². The summed E-state index contributed by atoms with van der Waals surface area (Å²) in [6, 6.07) is 2.64. The Balaban J connectivity index is 3.05. The molecule has 0 aliphatic rings. The molecule has 0 unspecified atom stereocenters. The van der Waals surface area contributed by atoms with Crippen molar-refractivity contribution in [3.63, 3.8) is 0 Å². The van der Waals surface area contributed by atoms with Crippen LogP contribution >= 0.6 is 0 Å². The molecule has 0 radical (unpaired) electrons. The van der Waals surface area contributed by atoms with Gasteiger partial charge in [-0.25, -0.2) is 4.79 Å². The first kappa shape index (κ1) is 9.38. The first-order chi connectivity index (χ1) is 6.15. The van der Waals surface area contributed by atoms with Crippen LogP contribution in [0.5, 0.6) is 0 Å². The molecule has 0 saturated heterocycles. The molecule has 68 valence electrons. The molecular weight excluding hydrogens is 170 g/mol. The highest BCUT2D eigenvalue weighted by Gasteiger charge is 2.08. The topological polar surface area (TPSA) is 67.3 Å². The zero-order chi connectivity index (χ0) is 9.84. The molecular formula is C9H9NO3. The summed E-state index contributed by atoms with van der Waals surface area (Å²) in [7, 11) is 0. The quantitative estimate of drug-likeness (QED) is 0.711. The summed E-state index contributed by atoms with van der Waals surface area (Å²) in [5.74, 6) is -1.20. The van der Waals surface area contributed by atoms with E-state index in [1.807, 2.05) is 0 Å². The van der Waals surface area contributed by atoms with Crippen molar-refractivity contribution in [2.24, 2.45) is 0 Å². The standard InChI is InChI=1S/C9H9NO3/c1-2-8(11)7-5-6(9(12)13)3-4-10-7/h3-5H,2H2,1H3,(H,12,13). The van der Waals surface area contributed by atoms with Crippen molar-refractivity contribution < 1.29 is 14.7 Å². The Hall–Kier alpha value is -1.71. The lowest BCUT2D eigenvalue weighted by Gasteiger charge is -1.97. The van der Waals surface area contributed by atoms with E-state index in [1.165, 1.54) is 18.3 Å². The summed E-state index contributed by atoms with van der Waals surface area (Å²) in [5.41, 5.74) is 0.300. The molecule has 0 amide bonds. The van der Waals surface area contributed by atoms with Gasteiger partial charge in [-0.05, 0) is 12.1 Å². The molecule has 0 aliphatic carbocycles. The minimum atomic E-state index is -1.05. The Morgan fingerprint density at radius 3 is 2.77 bits per heavy atom. The monoisotopic (exact) mass is 179 g/mol. The van der Waals surface area contributed by atoms with Gasteiger partial charge in [-0.1, -0.05) is 6.92 Å². The SMILES string of the molecule is CCC(=O)c1cc(C(=O)O)ccn1. The van der Waals surface area contributed by atoms with Crippen LogP contribution in [0.3, 0.4) is 0 Å². The van der Waals surface area contributed by atoms with Crippen molar-refractivity contribution in [2.45, 2.75) is 13.3 Å². The maximum Gasteiger partial charge on any atom is 0.335 e. The second kappa shape index (κ2) is 3.80. The van der Waals surface area contributed by atoms with Crippen LogP contribution in [0.1, 0.15) is 34.2 Å². The fourth-order valence-corrected chi connectivity index (χ4v) is 0.897. The van der Waals surface area contributed by atoms with Gasteiger partial charge in [-0.2, -0.15) is 0 Å². The van der Waals surface area contributed by atoms with Crippen LogP contribution in [0.15, 0.2) is 18.3 Å². The van der Waals surface area contributed by atoms with Crippen LogP contribution in [-0.4, -0.2) is 21.8 Å². The number of aromatic nitrogens is 1. The molecule has 1 N–H and O–H groups in total. The van der Waals surface area contributed by atoms with Gasteiger partial charge in [0.1, 0.15) is 5.69 Å². The van der Waals surface area contributed by atoms with Gasteiger partial charge in [-0.3, -0.25) is 9.78 Å². The molecule has 0 fully saturated rings. The highest BCUT2D eigenvalue weighted by Crippen LogP contribution is 2.04. The van der Waals surface area contributed by atoms with Crippen LogP contribution < -0.4 is 0 Å². The molecule has 0 aliphatic heterocycles. The fourth-order valence-electron chi connectivity index (χ4n) is 0.897. The molecule has 13 heavy (non-hydrogen) atoms. The van der Waals surface area contributed by atoms with E-state index in [2.05, 4.69) is 4.98 Å². The van der Waals surface area contributed by atoms with Crippen molar-refractivity contribution in [3.05, 3.63) is 29.6 Å². The number of carboxylic acid groups (broad SMARTS) is 1. The van der Waals surface area contributed by atoms with Crippen LogP contribution in [0, 0.1) is 0 Å².